The van der Waals surface area contributed by atoms with Gasteiger partial charge in [-0.1, -0.05) is 6.08 Å². The van der Waals surface area contributed by atoms with E-state index in [0.717, 1.165) is 25.0 Å². The van der Waals surface area contributed by atoms with Gasteiger partial charge in [-0.25, -0.2) is 0 Å². The topological polar surface area (TPSA) is 12.9 Å². The van der Waals surface area contributed by atoms with Crippen molar-refractivity contribution in [2.24, 2.45) is 0 Å². The first kappa shape index (κ1) is 11.3. The second-order valence-corrected chi connectivity index (χ2v) is 3.78. The number of allylic oxidation sites excluding steroid dienone is 1. The first-order chi connectivity index (χ1) is 6.86. The van der Waals surface area contributed by atoms with Gasteiger partial charge in [0.15, 0.2) is 0 Å². The summed E-state index contributed by atoms with van der Waals surface area (Å²) in [5, 5.41) is 0. The van der Waals surface area contributed by atoms with Crippen LogP contribution in [0.1, 0.15) is 24.1 Å². The molecule has 0 bridgehead atoms. The molecule has 0 atom stereocenters. The minimum atomic E-state index is 0.933. The van der Waals surface area contributed by atoms with Crippen LogP contribution in [0, 0.1) is 0 Å². The smallest absolute Gasteiger partial charge is 0.0406 e. The Morgan fingerprint density at radius 2 is 2.29 bits per heavy atom. The molecular formula is C12H17NS. The second kappa shape index (κ2) is 6.66. The van der Waals surface area contributed by atoms with Crippen LogP contribution in [0.2, 0.25) is 0 Å². The predicted octanol–water partition coefficient (Wildman–Crippen LogP) is 3.06. The van der Waals surface area contributed by atoms with Crippen LogP contribution >= 0.6 is 12.6 Å². The molecule has 76 valence electrons. The number of nitrogens with zero attached hydrogens (tertiary/aromatic N) is 1. The minimum Gasteiger partial charge on any atom is -0.261 e. The van der Waals surface area contributed by atoms with Crippen LogP contribution in [0.5, 0.6) is 0 Å². The number of thiol groups is 1. The predicted molar refractivity (Wildman–Crippen MR) is 64.9 cm³/mol. The van der Waals surface area contributed by atoms with Crippen molar-refractivity contribution in [1.82, 2.24) is 4.98 Å². The van der Waals surface area contributed by atoms with Gasteiger partial charge in [0.25, 0.3) is 0 Å². The van der Waals surface area contributed by atoms with E-state index in [4.69, 9.17) is 0 Å². The number of aromatic nitrogens is 1. The summed E-state index contributed by atoms with van der Waals surface area (Å²) >= 11 is 4.19. The number of hydrogen-bond donors (Lipinski definition) is 1. The molecule has 0 aliphatic heterocycles. The number of unbranched alkanes of at least 4 members (excludes halogenated alkanes) is 1. The lowest BCUT2D eigenvalue weighted by molar-refractivity contribution is 0.783. The fraction of sp³-hybridized carbons (Fsp3) is 0.417. The van der Waals surface area contributed by atoms with Crippen molar-refractivity contribution in [3.8, 4) is 0 Å². The summed E-state index contributed by atoms with van der Waals surface area (Å²) in [6.07, 6.45) is 8.14. The van der Waals surface area contributed by atoms with Crippen molar-refractivity contribution in [3.63, 3.8) is 0 Å². The Labute approximate surface area is 91.7 Å². The monoisotopic (exact) mass is 207 g/mol. The zero-order chi connectivity index (χ0) is 10.2. The van der Waals surface area contributed by atoms with Crippen molar-refractivity contribution in [3.05, 3.63) is 42.2 Å². The lowest BCUT2D eigenvalue weighted by atomic mass is 10.1. The van der Waals surface area contributed by atoms with Crippen molar-refractivity contribution < 1.29 is 0 Å². The molecule has 0 unspecified atom stereocenters. The van der Waals surface area contributed by atoms with Crippen molar-refractivity contribution in [2.45, 2.75) is 25.7 Å². The summed E-state index contributed by atoms with van der Waals surface area (Å²) < 4.78 is 0. The number of hydrogen-bond acceptors (Lipinski definition) is 2. The molecule has 1 heterocycles. The van der Waals surface area contributed by atoms with Crippen LogP contribution in [0.3, 0.4) is 0 Å². The summed E-state index contributed by atoms with van der Waals surface area (Å²) in [7, 11) is 0. The van der Waals surface area contributed by atoms with Crippen LogP contribution < -0.4 is 0 Å². The van der Waals surface area contributed by atoms with E-state index in [-0.39, 0.29) is 0 Å². The zero-order valence-corrected chi connectivity index (χ0v) is 9.34. The lowest BCUT2D eigenvalue weighted by Gasteiger charge is -2.01. The average molecular weight is 207 g/mol. The molecule has 1 nitrogen and oxygen atoms in total. The summed E-state index contributed by atoms with van der Waals surface area (Å²) in [5.41, 5.74) is 2.49. The Kier molecular flexibility index (Phi) is 5.38. The molecule has 1 rings (SSSR count). The molecule has 0 aliphatic carbocycles. The van der Waals surface area contributed by atoms with E-state index >= 15 is 0 Å². The maximum absolute atomic E-state index is 4.33. The SMILES string of the molecule is C=CCc1ccnc(CCCCS)c1. The molecule has 0 amide bonds. The molecule has 1 aromatic heterocycles. The van der Waals surface area contributed by atoms with Crippen molar-refractivity contribution in [2.75, 3.05) is 5.75 Å². The van der Waals surface area contributed by atoms with E-state index in [9.17, 15) is 0 Å². The van der Waals surface area contributed by atoms with E-state index in [1.807, 2.05) is 18.3 Å². The third-order valence-corrected chi connectivity index (χ3v) is 2.42. The average Bonchev–Trinajstić information content (AvgIpc) is 2.19. The summed E-state index contributed by atoms with van der Waals surface area (Å²) in [5.74, 6) is 0.965. The van der Waals surface area contributed by atoms with Gasteiger partial charge >= 0.3 is 0 Å². The first-order valence-electron chi connectivity index (χ1n) is 5.02. The molecule has 0 fully saturated rings. The number of aryl methyl sites for hydroxylation is 1. The summed E-state index contributed by atoms with van der Waals surface area (Å²) in [4.78, 5) is 4.33. The quantitative estimate of drug-likeness (QED) is 0.430. The molecule has 0 N–H and O–H groups in total. The van der Waals surface area contributed by atoms with Crippen LogP contribution in [-0.4, -0.2) is 10.7 Å². The van der Waals surface area contributed by atoms with Crippen LogP contribution in [0.25, 0.3) is 0 Å². The van der Waals surface area contributed by atoms with Crippen LogP contribution in [0.15, 0.2) is 31.0 Å². The maximum atomic E-state index is 4.33. The van der Waals surface area contributed by atoms with Gasteiger partial charge in [0.1, 0.15) is 0 Å². The fourth-order valence-electron chi connectivity index (χ4n) is 1.38. The van der Waals surface area contributed by atoms with Gasteiger partial charge < -0.3 is 0 Å². The fourth-order valence-corrected chi connectivity index (χ4v) is 1.60. The first-order valence-corrected chi connectivity index (χ1v) is 5.65. The third-order valence-electron chi connectivity index (χ3n) is 2.10. The van der Waals surface area contributed by atoms with E-state index in [2.05, 4.69) is 30.3 Å². The zero-order valence-electron chi connectivity index (χ0n) is 8.45. The Bertz CT molecular complexity index is 283. The largest absolute Gasteiger partial charge is 0.261 e. The molecule has 0 saturated carbocycles. The molecule has 2 heteroatoms. The van der Waals surface area contributed by atoms with Gasteiger partial charge in [0.2, 0.25) is 0 Å². The van der Waals surface area contributed by atoms with E-state index < -0.39 is 0 Å². The standard InChI is InChI=1S/C12H17NS/c1-2-5-11-7-8-13-12(10-11)6-3-4-9-14/h2,7-8,10,14H,1,3-6,9H2. The lowest BCUT2D eigenvalue weighted by Crippen LogP contribution is -1.92. The normalized spacial score (nSPS) is 10.1. The Hall–Kier alpha value is -0.760. The van der Waals surface area contributed by atoms with Gasteiger partial charge in [-0.3, -0.25) is 4.98 Å². The highest BCUT2D eigenvalue weighted by Gasteiger charge is 1.96. The van der Waals surface area contributed by atoms with E-state index in [1.165, 1.54) is 17.7 Å². The minimum absolute atomic E-state index is 0.933. The van der Waals surface area contributed by atoms with Gasteiger partial charge in [-0.2, -0.15) is 12.6 Å². The molecule has 0 spiro atoms. The van der Waals surface area contributed by atoms with Crippen molar-refractivity contribution in [1.29, 1.82) is 0 Å². The molecule has 0 saturated heterocycles. The van der Waals surface area contributed by atoms with E-state index in [0.29, 0.717) is 0 Å². The highest BCUT2D eigenvalue weighted by Crippen LogP contribution is 2.07. The van der Waals surface area contributed by atoms with Gasteiger partial charge in [0, 0.05) is 11.9 Å². The Morgan fingerprint density at radius 3 is 3.00 bits per heavy atom. The number of rotatable bonds is 6. The molecule has 1 aromatic rings. The third kappa shape index (κ3) is 3.97. The molecule has 0 aromatic carbocycles. The molecular weight excluding hydrogens is 190 g/mol. The van der Waals surface area contributed by atoms with Gasteiger partial charge in [-0.05, 0) is 49.1 Å². The van der Waals surface area contributed by atoms with E-state index in [1.54, 1.807) is 0 Å². The summed E-state index contributed by atoms with van der Waals surface area (Å²) in [6.45, 7) is 3.73. The van der Waals surface area contributed by atoms with Gasteiger partial charge in [-0.15, -0.1) is 6.58 Å². The van der Waals surface area contributed by atoms with Gasteiger partial charge in [0.05, 0.1) is 0 Å². The highest BCUT2D eigenvalue weighted by molar-refractivity contribution is 7.80. The maximum Gasteiger partial charge on any atom is 0.0406 e. The second-order valence-electron chi connectivity index (χ2n) is 3.33. The number of pyridine rings is 1. The van der Waals surface area contributed by atoms with Crippen LogP contribution in [-0.2, 0) is 12.8 Å². The van der Waals surface area contributed by atoms with Crippen molar-refractivity contribution >= 4 is 12.6 Å². The highest BCUT2D eigenvalue weighted by atomic mass is 32.1. The summed E-state index contributed by atoms with van der Waals surface area (Å²) in [6, 6.07) is 4.21. The Balaban J connectivity index is 2.50. The van der Waals surface area contributed by atoms with Crippen LogP contribution in [0.4, 0.5) is 0 Å². The Morgan fingerprint density at radius 1 is 1.43 bits per heavy atom. The molecule has 0 radical (unpaired) electrons. The molecule has 0 aliphatic rings. The molecule has 14 heavy (non-hydrogen) atoms.